The van der Waals surface area contributed by atoms with Crippen LogP contribution in [0, 0.1) is 23.5 Å². The van der Waals surface area contributed by atoms with Gasteiger partial charge in [0, 0.05) is 13.1 Å². The standard InChI is InChI=1S/C24H24F2N2O2/c1-15-11-16(2)13-27(12-15)22-21(18-5-9-20(26)10-6-18)23(29)28(24(22)30)14-17-3-7-19(25)8-4-17/h3-10,15-16H,11-14H2,1-2H3. The third kappa shape index (κ3) is 3.86. The fraction of sp³-hybridized carbons (Fsp3) is 0.333. The van der Waals surface area contributed by atoms with E-state index in [1.807, 2.05) is 4.90 Å². The summed E-state index contributed by atoms with van der Waals surface area (Å²) in [7, 11) is 0. The quantitative estimate of drug-likeness (QED) is 0.709. The SMILES string of the molecule is CC1CC(C)CN(C2=C(c3ccc(F)cc3)C(=O)N(Cc3ccc(F)cc3)C2=O)C1. The van der Waals surface area contributed by atoms with Gasteiger partial charge < -0.3 is 4.90 Å². The van der Waals surface area contributed by atoms with Crippen molar-refractivity contribution >= 4 is 17.4 Å². The van der Waals surface area contributed by atoms with Gasteiger partial charge in [-0.05, 0) is 53.6 Å². The summed E-state index contributed by atoms with van der Waals surface area (Å²) in [6.07, 6.45) is 1.07. The Morgan fingerprint density at radius 1 is 0.833 bits per heavy atom. The van der Waals surface area contributed by atoms with Crippen molar-refractivity contribution in [2.24, 2.45) is 11.8 Å². The number of carbonyl (C=O) groups excluding carboxylic acids is 2. The highest BCUT2D eigenvalue weighted by Gasteiger charge is 2.42. The van der Waals surface area contributed by atoms with Crippen LogP contribution >= 0.6 is 0 Å². The molecule has 156 valence electrons. The summed E-state index contributed by atoms with van der Waals surface area (Å²) in [5.41, 5.74) is 1.88. The molecule has 1 fully saturated rings. The van der Waals surface area contributed by atoms with Crippen LogP contribution in [0.2, 0.25) is 0 Å². The topological polar surface area (TPSA) is 40.6 Å². The van der Waals surface area contributed by atoms with E-state index < -0.39 is 11.7 Å². The Morgan fingerprint density at radius 3 is 1.93 bits per heavy atom. The third-order valence-corrected chi connectivity index (χ3v) is 5.72. The molecule has 0 aliphatic carbocycles. The molecule has 2 amide bonds. The molecule has 30 heavy (non-hydrogen) atoms. The van der Waals surface area contributed by atoms with Gasteiger partial charge in [0.15, 0.2) is 0 Å². The van der Waals surface area contributed by atoms with Crippen molar-refractivity contribution in [3.05, 3.63) is 77.0 Å². The maximum atomic E-state index is 13.5. The van der Waals surface area contributed by atoms with Crippen molar-refractivity contribution in [2.75, 3.05) is 13.1 Å². The summed E-state index contributed by atoms with van der Waals surface area (Å²) in [6.45, 7) is 5.71. The van der Waals surface area contributed by atoms with Crippen molar-refractivity contribution in [1.29, 1.82) is 0 Å². The summed E-state index contributed by atoms with van der Waals surface area (Å²) >= 11 is 0. The number of halogens is 2. The fourth-order valence-corrected chi connectivity index (χ4v) is 4.49. The Kier molecular flexibility index (Phi) is 5.41. The number of imide groups is 1. The van der Waals surface area contributed by atoms with Gasteiger partial charge in [-0.2, -0.15) is 0 Å². The summed E-state index contributed by atoms with van der Waals surface area (Å²) in [5, 5.41) is 0. The lowest BCUT2D eigenvalue weighted by Gasteiger charge is -2.37. The molecule has 0 saturated carbocycles. The van der Waals surface area contributed by atoms with Crippen LogP contribution < -0.4 is 0 Å². The zero-order chi connectivity index (χ0) is 21.4. The van der Waals surface area contributed by atoms with E-state index in [-0.39, 0.29) is 18.3 Å². The molecule has 2 atom stereocenters. The average Bonchev–Trinajstić information content (AvgIpc) is 2.94. The largest absolute Gasteiger partial charge is 0.366 e. The minimum absolute atomic E-state index is 0.0606. The first kappa shape index (κ1) is 20.3. The van der Waals surface area contributed by atoms with Crippen LogP contribution in [-0.4, -0.2) is 34.7 Å². The Labute approximate surface area is 174 Å². The second-order valence-electron chi connectivity index (χ2n) is 8.40. The molecule has 0 bridgehead atoms. The van der Waals surface area contributed by atoms with Gasteiger partial charge in [0.1, 0.15) is 17.3 Å². The molecule has 4 nitrogen and oxygen atoms in total. The maximum Gasteiger partial charge on any atom is 0.278 e. The van der Waals surface area contributed by atoms with Crippen molar-refractivity contribution in [1.82, 2.24) is 9.80 Å². The third-order valence-electron chi connectivity index (χ3n) is 5.72. The van der Waals surface area contributed by atoms with Crippen molar-refractivity contribution in [3.63, 3.8) is 0 Å². The normalized spacial score (nSPS) is 22.3. The summed E-state index contributed by atoms with van der Waals surface area (Å²) in [5.74, 6) is -0.753. The van der Waals surface area contributed by atoms with E-state index in [4.69, 9.17) is 0 Å². The van der Waals surface area contributed by atoms with Gasteiger partial charge in [-0.25, -0.2) is 8.78 Å². The van der Waals surface area contributed by atoms with E-state index in [2.05, 4.69) is 13.8 Å². The lowest BCUT2D eigenvalue weighted by atomic mass is 9.91. The molecule has 2 heterocycles. The Morgan fingerprint density at radius 2 is 1.37 bits per heavy atom. The first-order valence-electron chi connectivity index (χ1n) is 10.2. The average molecular weight is 410 g/mol. The molecule has 0 spiro atoms. The van der Waals surface area contributed by atoms with E-state index in [1.54, 1.807) is 12.1 Å². The molecule has 2 aliphatic rings. The van der Waals surface area contributed by atoms with Crippen LogP contribution in [0.5, 0.6) is 0 Å². The predicted molar refractivity (Wildman–Crippen MR) is 110 cm³/mol. The molecule has 0 N–H and O–H groups in total. The number of benzene rings is 2. The molecule has 0 aromatic heterocycles. The minimum atomic E-state index is -0.406. The molecule has 2 aromatic carbocycles. The van der Waals surface area contributed by atoms with Crippen LogP contribution in [-0.2, 0) is 16.1 Å². The highest BCUT2D eigenvalue weighted by molar-refractivity contribution is 6.35. The van der Waals surface area contributed by atoms with Gasteiger partial charge >= 0.3 is 0 Å². The van der Waals surface area contributed by atoms with E-state index >= 15 is 0 Å². The lowest BCUT2D eigenvalue weighted by molar-refractivity contribution is -0.138. The number of piperidine rings is 1. The van der Waals surface area contributed by atoms with Crippen LogP contribution in [0.3, 0.4) is 0 Å². The molecule has 6 heteroatoms. The number of hydrogen-bond donors (Lipinski definition) is 0. The molecule has 4 rings (SSSR count). The number of hydrogen-bond acceptors (Lipinski definition) is 3. The molecular weight excluding hydrogens is 386 g/mol. The smallest absolute Gasteiger partial charge is 0.278 e. The molecule has 2 aromatic rings. The predicted octanol–water partition coefficient (Wildman–Crippen LogP) is 4.22. The molecule has 2 unspecified atom stereocenters. The molecule has 2 aliphatic heterocycles. The monoisotopic (exact) mass is 410 g/mol. The van der Waals surface area contributed by atoms with Crippen LogP contribution in [0.1, 0.15) is 31.4 Å². The lowest BCUT2D eigenvalue weighted by Crippen LogP contribution is -2.41. The van der Waals surface area contributed by atoms with E-state index in [0.29, 0.717) is 47.3 Å². The minimum Gasteiger partial charge on any atom is -0.366 e. The summed E-state index contributed by atoms with van der Waals surface area (Å²) < 4.78 is 26.7. The van der Waals surface area contributed by atoms with Crippen molar-refractivity contribution in [2.45, 2.75) is 26.8 Å². The van der Waals surface area contributed by atoms with Crippen molar-refractivity contribution in [3.8, 4) is 0 Å². The fourth-order valence-electron chi connectivity index (χ4n) is 4.49. The highest BCUT2D eigenvalue weighted by atomic mass is 19.1. The summed E-state index contributed by atoms with van der Waals surface area (Å²) in [6, 6.07) is 11.4. The zero-order valence-electron chi connectivity index (χ0n) is 17.1. The van der Waals surface area contributed by atoms with E-state index in [9.17, 15) is 18.4 Å². The van der Waals surface area contributed by atoms with Gasteiger partial charge in [0.25, 0.3) is 11.8 Å². The first-order valence-corrected chi connectivity index (χ1v) is 10.2. The number of amides is 2. The zero-order valence-corrected chi connectivity index (χ0v) is 17.1. The van der Waals surface area contributed by atoms with Gasteiger partial charge in [0.2, 0.25) is 0 Å². The number of likely N-dealkylation sites (tertiary alicyclic amines) is 1. The summed E-state index contributed by atoms with van der Waals surface area (Å²) in [4.78, 5) is 30.0. The van der Waals surface area contributed by atoms with E-state index in [0.717, 1.165) is 6.42 Å². The van der Waals surface area contributed by atoms with Gasteiger partial charge in [-0.3, -0.25) is 14.5 Å². The Bertz CT molecular complexity index is 989. The number of carbonyl (C=O) groups is 2. The maximum absolute atomic E-state index is 13.5. The number of nitrogens with zero attached hydrogens (tertiary/aromatic N) is 2. The van der Waals surface area contributed by atoms with Crippen LogP contribution in [0.15, 0.2) is 54.2 Å². The van der Waals surface area contributed by atoms with Gasteiger partial charge in [-0.15, -0.1) is 0 Å². The van der Waals surface area contributed by atoms with E-state index in [1.165, 1.54) is 41.3 Å². The van der Waals surface area contributed by atoms with Crippen LogP contribution in [0.25, 0.3) is 5.57 Å². The molecular formula is C24H24F2N2O2. The second-order valence-corrected chi connectivity index (χ2v) is 8.40. The van der Waals surface area contributed by atoms with Crippen molar-refractivity contribution < 1.29 is 18.4 Å². The first-order chi connectivity index (χ1) is 14.3. The van der Waals surface area contributed by atoms with Gasteiger partial charge in [-0.1, -0.05) is 38.1 Å². The second kappa shape index (κ2) is 8.01. The molecule has 0 radical (unpaired) electrons. The molecule has 1 saturated heterocycles. The Hall–Kier alpha value is -3.02. The number of rotatable bonds is 4. The van der Waals surface area contributed by atoms with Gasteiger partial charge in [0.05, 0.1) is 12.1 Å². The van der Waals surface area contributed by atoms with Crippen LogP contribution in [0.4, 0.5) is 8.78 Å². The Balaban J connectivity index is 1.74. The highest BCUT2D eigenvalue weighted by Crippen LogP contribution is 2.35.